The summed E-state index contributed by atoms with van der Waals surface area (Å²) in [7, 11) is -3.47. The molecule has 106 valence electrons. The predicted molar refractivity (Wildman–Crippen MR) is 83.1 cm³/mol. The Labute approximate surface area is 128 Å². The quantitative estimate of drug-likeness (QED) is 0.628. The molecule has 1 aliphatic rings. The lowest BCUT2D eigenvalue weighted by atomic mass is 10.0. The van der Waals surface area contributed by atoms with E-state index in [-0.39, 0.29) is 18.1 Å². The molecule has 1 heterocycles. The van der Waals surface area contributed by atoms with E-state index in [0.29, 0.717) is 11.5 Å². The van der Waals surface area contributed by atoms with Crippen LogP contribution in [-0.2, 0) is 14.8 Å². The molecule has 1 aromatic carbocycles. The van der Waals surface area contributed by atoms with Gasteiger partial charge in [0, 0.05) is 4.43 Å². The van der Waals surface area contributed by atoms with E-state index in [0.717, 1.165) is 9.99 Å². The number of hydrogen-bond acceptors (Lipinski definition) is 3. The lowest BCUT2D eigenvalue weighted by Crippen LogP contribution is -2.44. The summed E-state index contributed by atoms with van der Waals surface area (Å²) >= 11 is 2.23. The lowest BCUT2D eigenvalue weighted by Gasteiger charge is -2.21. The molecular weight excluding hydrogens is 377 g/mol. The average molecular weight is 395 g/mol. The van der Waals surface area contributed by atoms with Crippen molar-refractivity contribution in [3.05, 3.63) is 29.8 Å². The summed E-state index contributed by atoms with van der Waals surface area (Å²) in [6.07, 6.45) is -0.0455. The van der Waals surface area contributed by atoms with Crippen LogP contribution in [0.25, 0.3) is 0 Å². The standard InChI is InChI=1S/C13H18INO3S/c1-9-3-5-11(6-4-9)19(16,17)15-13-10(2)8-18-12(13)7-14/h3-6,10,12-13,15H,7-8H2,1-2H3/t10-,12-,13-/m1/s1. The molecule has 0 saturated carbocycles. The Bertz CT molecular complexity index is 529. The van der Waals surface area contributed by atoms with Crippen LogP contribution >= 0.6 is 22.6 Å². The van der Waals surface area contributed by atoms with Gasteiger partial charge in [-0.15, -0.1) is 0 Å². The first-order valence-electron chi connectivity index (χ1n) is 6.20. The first kappa shape index (κ1) is 15.2. The van der Waals surface area contributed by atoms with Crippen molar-refractivity contribution in [3.8, 4) is 0 Å². The molecule has 2 rings (SSSR count). The van der Waals surface area contributed by atoms with Gasteiger partial charge in [-0.25, -0.2) is 13.1 Å². The van der Waals surface area contributed by atoms with Gasteiger partial charge in [0.15, 0.2) is 0 Å². The van der Waals surface area contributed by atoms with Gasteiger partial charge in [-0.2, -0.15) is 0 Å². The second-order valence-electron chi connectivity index (χ2n) is 4.96. The van der Waals surface area contributed by atoms with Gasteiger partial charge >= 0.3 is 0 Å². The van der Waals surface area contributed by atoms with Gasteiger partial charge in [-0.3, -0.25) is 0 Å². The number of benzene rings is 1. The number of sulfonamides is 1. The minimum absolute atomic E-state index is 0.0455. The van der Waals surface area contributed by atoms with Crippen LogP contribution in [0.2, 0.25) is 0 Å². The molecule has 0 radical (unpaired) electrons. The summed E-state index contributed by atoms with van der Waals surface area (Å²) in [4.78, 5) is 0.310. The maximum Gasteiger partial charge on any atom is 0.240 e. The molecule has 1 aromatic rings. The fourth-order valence-electron chi connectivity index (χ4n) is 2.15. The van der Waals surface area contributed by atoms with Crippen molar-refractivity contribution in [2.75, 3.05) is 11.0 Å². The van der Waals surface area contributed by atoms with Crippen LogP contribution < -0.4 is 4.72 Å². The molecule has 0 amide bonds. The van der Waals surface area contributed by atoms with Crippen LogP contribution in [0.1, 0.15) is 12.5 Å². The second-order valence-corrected chi connectivity index (χ2v) is 7.56. The Kier molecular flexibility index (Phi) is 4.86. The van der Waals surface area contributed by atoms with Crippen LogP contribution in [0.3, 0.4) is 0 Å². The molecule has 0 unspecified atom stereocenters. The fourth-order valence-corrected chi connectivity index (χ4v) is 4.32. The van der Waals surface area contributed by atoms with Gasteiger partial charge in [-0.05, 0) is 25.0 Å². The molecule has 1 saturated heterocycles. The van der Waals surface area contributed by atoms with Gasteiger partial charge in [0.25, 0.3) is 0 Å². The minimum atomic E-state index is -3.47. The van der Waals surface area contributed by atoms with Crippen molar-refractivity contribution in [1.82, 2.24) is 4.72 Å². The number of hydrogen-bond donors (Lipinski definition) is 1. The third-order valence-electron chi connectivity index (χ3n) is 3.36. The first-order valence-corrected chi connectivity index (χ1v) is 9.21. The number of halogens is 1. The number of rotatable bonds is 4. The molecule has 0 spiro atoms. The Morgan fingerprint density at radius 3 is 2.58 bits per heavy atom. The van der Waals surface area contributed by atoms with Crippen LogP contribution in [-0.4, -0.2) is 31.6 Å². The van der Waals surface area contributed by atoms with Crippen molar-refractivity contribution >= 4 is 32.6 Å². The smallest absolute Gasteiger partial charge is 0.240 e. The molecule has 4 nitrogen and oxygen atoms in total. The Hall–Kier alpha value is -0.180. The zero-order valence-electron chi connectivity index (χ0n) is 11.0. The van der Waals surface area contributed by atoms with Gasteiger partial charge in [0.2, 0.25) is 10.0 Å². The predicted octanol–water partition coefficient (Wildman–Crippen LogP) is 2.11. The SMILES string of the molecule is Cc1ccc(S(=O)(=O)N[C@@H]2[C@H](C)CO[C@@H]2CI)cc1. The highest BCUT2D eigenvalue weighted by atomic mass is 127. The fraction of sp³-hybridized carbons (Fsp3) is 0.538. The van der Waals surface area contributed by atoms with Crippen LogP contribution in [0.5, 0.6) is 0 Å². The summed E-state index contributed by atoms with van der Waals surface area (Å²) < 4.78 is 33.8. The van der Waals surface area contributed by atoms with Crippen LogP contribution in [0.15, 0.2) is 29.2 Å². The third-order valence-corrected chi connectivity index (χ3v) is 5.70. The zero-order chi connectivity index (χ0) is 14.0. The van der Waals surface area contributed by atoms with Crippen molar-refractivity contribution in [3.63, 3.8) is 0 Å². The molecule has 6 heteroatoms. The van der Waals surface area contributed by atoms with Crippen LogP contribution in [0, 0.1) is 12.8 Å². The second kappa shape index (κ2) is 6.07. The van der Waals surface area contributed by atoms with E-state index in [2.05, 4.69) is 27.3 Å². The van der Waals surface area contributed by atoms with E-state index in [1.807, 2.05) is 13.8 Å². The van der Waals surface area contributed by atoms with Gasteiger partial charge in [0.1, 0.15) is 0 Å². The Balaban J connectivity index is 2.19. The summed E-state index contributed by atoms with van der Waals surface area (Å²) in [5.74, 6) is 0.194. The Morgan fingerprint density at radius 1 is 1.37 bits per heavy atom. The first-order chi connectivity index (χ1) is 8.94. The van der Waals surface area contributed by atoms with E-state index in [4.69, 9.17) is 4.74 Å². The normalized spacial score (nSPS) is 27.6. The maximum atomic E-state index is 12.3. The molecular formula is C13H18INO3S. The molecule has 19 heavy (non-hydrogen) atoms. The molecule has 1 fully saturated rings. The van der Waals surface area contributed by atoms with Gasteiger partial charge in [0.05, 0.1) is 23.6 Å². The number of alkyl halides is 1. The number of ether oxygens (including phenoxy) is 1. The van der Waals surface area contributed by atoms with Crippen molar-refractivity contribution < 1.29 is 13.2 Å². The maximum absolute atomic E-state index is 12.3. The van der Waals surface area contributed by atoms with Gasteiger partial charge < -0.3 is 4.74 Å². The average Bonchev–Trinajstić information content (AvgIpc) is 2.70. The summed E-state index contributed by atoms with van der Waals surface area (Å²) in [5, 5.41) is 0. The highest BCUT2D eigenvalue weighted by Gasteiger charge is 2.36. The van der Waals surface area contributed by atoms with E-state index >= 15 is 0 Å². The summed E-state index contributed by atoms with van der Waals surface area (Å²) in [6.45, 7) is 4.55. The zero-order valence-corrected chi connectivity index (χ0v) is 13.9. The van der Waals surface area contributed by atoms with E-state index in [1.165, 1.54) is 0 Å². The lowest BCUT2D eigenvalue weighted by molar-refractivity contribution is 0.120. The largest absolute Gasteiger partial charge is 0.375 e. The monoisotopic (exact) mass is 395 g/mol. The van der Waals surface area contributed by atoms with Crippen molar-refractivity contribution in [2.24, 2.45) is 5.92 Å². The number of aryl methyl sites for hydroxylation is 1. The molecule has 3 atom stereocenters. The minimum Gasteiger partial charge on any atom is -0.375 e. The molecule has 0 aliphatic carbocycles. The summed E-state index contributed by atoms with van der Waals surface area (Å²) in [6, 6.07) is 6.73. The summed E-state index contributed by atoms with van der Waals surface area (Å²) in [5.41, 5.74) is 1.04. The molecule has 0 bridgehead atoms. The van der Waals surface area contributed by atoms with Crippen molar-refractivity contribution in [1.29, 1.82) is 0 Å². The number of nitrogens with one attached hydrogen (secondary N) is 1. The van der Waals surface area contributed by atoms with E-state index < -0.39 is 10.0 Å². The van der Waals surface area contributed by atoms with E-state index in [9.17, 15) is 8.42 Å². The Morgan fingerprint density at radius 2 is 2.00 bits per heavy atom. The molecule has 1 aliphatic heterocycles. The van der Waals surface area contributed by atoms with E-state index in [1.54, 1.807) is 24.3 Å². The van der Waals surface area contributed by atoms with Crippen LogP contribution in [0.4, 0.5) is 0 Å². The topological polar surface area (TPSA) is 55.4 Å². The molecule has 0 aromatic heterocycles. The van der Waals surface area contributed by atoms with Gasteiger partial charge in [-0.1, -0.05) is 47.2 Å². The molecule has 1 N–H and O–H groups in total. The highest BCUT2D eigenvalue weighted by Crippen LogP contribution is 2.23. The highest BCUT2D eigenvalue weighted by molar-refractivity contribution is 14.1. The van der Waals surface area contributed by atoms with Crippen molar-refractivity contribution in [2.45, 2.75) is 30.9 Å². The third kappa shape index (κ3) is 3.48.